The predicted molar refractivity (Wildman–Crippen MR) is 106 cm³/mol. The van der Waals surface area contributed by atoms with Gasteiger partial charge in [0.25, 0.3) is 11.8 Å². The van der Waals surface area contributed by atoms with Gasteiger partial charge in [0.15, 0.2) is 0 Å². The van der Waals surface area contributed by atoms with Crippen molar-refractivity contribution >= 4 is 39.3 Å². The van der Waals surface area contributed by atoms with Gasteiger partial charge in [0.2, 0.25) is 0 Å². The summed E-state index contributed by atoms with van der Waals surface area (Å²) < 4.78 is 2.77. The molecule has 0 unspecified atom stereocenters. The highest BCUT2D eigenvalue weighted by atomic mass is 79.9. The summed E-state index contributed by atoms with van der Waals surface area (Å²) in [7, 11) is 0. The zero-order valence-corrected chi connectivity index (χ0v) is 17.2. The normalized spacial score (nSPS) is 17.0. The number of aryl methyl sites for hydroxylation is 1. The van der Waals surface area contributed by atoms with Crippen LogP contribution in [-0.2, 0) is 13.0 Å². The quantitative estimate of drug-likeness (QED) is 0.704. The van der Waals surface area contributed by atoms with E-state index in [0.29, 0.717) is 42.3 Å². The molecule has 1 aromatic heterocycles. The molecule has 27 heavy (non-hydrogen) atoms. The molecule has 2 aliphatic rings. The third kappa shape index (κ3) is 3.62. The molecular weight excluding hydrogens is 432 g/mol. The largest absolute Gasteiger partial charge is 0.335 e. The Balaban J connectivity index is 1.43. The van der Waals surface area contributed by atoms with Crippen LogP contribution in [0, 0.1) is 0 Å². The summed E-state index contributed by atoms with van der Waals surface area (Å²) in [5, 5.41) is 4.80. The van der Waals surface area contributed by atoms with Gasteiger partial charge in [-0.1, -0.05) is 27.5 Å². The SMILES string of the molecule is O=C(c1cc(Br)ccc1Cl)N1CCN(C(=O)c2cnn3c2CCCC3)CC1. The van der Waals surface area contributed by atoms with Crippen LogP contribution >= 0.6 is 27.5 Å². The molecule has 1 aromatic carbocycles. The lowest BCUT2D eigenvalue weighted by Gasteiger charge is -2.35. The van der Waals surface area contributed by atoms with Gasteiger partial charge in [-0.3, -0.25) is 14.3 Å². The Kier molecular flexibility index (Phi) is 5.23. The Morgan fingerprint density at radius 3 is 2.33 bits per heavy atom. The number of rotatable bonds is 2. The lowest BCUT2D eigenvalue weighted by molar-refractivity contribution is 0.0534. The number of hydrogen-bond donors (Lipinski definition) is 0. The van der Waals surface area contributed by atoms with Gasteiger partial charge in [0.1, 0.15) is 0 Å². The van der Waals surface area contributed by atoms with E-state index in [-0.39, 0.29) is 11.8 Å². The van der Waals surface area contributed by atoms with Gasteiger partial charge in [0.05, 0.1) is 28.0 Å². The van der Waals surface area contributed by atoms with Crippen molar-refractivity contribution in [3.63, 3.8) is 0 Å². The number of carbonyl (C=O) groups excluding carboxylic acids is 2. The Labute approximate surface area is 171 Å². The van der Waals surface area contributed by atoms with Crippen LogP contribution in [0.1, 0.15) is 39.3 Å². The van der Waals surface area contributed by atoms with Crippen LogP contribution in [-0.4, -0.2) is 57.6 Å². The van der Waals surface area contributed by atoms with Crippen molar-refractivity contribution in [1.29, 1.82) is 0 Å². The fraction of sp³-hybridized carbons (Fsp3) is 0.421. The smallest absolute Gasteiger partial charge is 0.257 e. The standard InChI is InChI=1S/C19H20BrClN4O2/c20-13-4-5-16(21)14(11-13)18(26)23-7-9-24(10-8-23)19(27)15-12-22-25-6-2-1-3-17(15)25/h4-5,11-12H,1-3,6-10H2. The zero-order valence-electron chi connectivity index (χ0n) is 14.8. The molecule has 0 atom stereocenters. The molecule has 2 aliphatic heterocycles. The minimum absolute atomic E-state index is 0.0192. The van der Waals surface area contributed by atoms with Crippen LogP contribution in [0.25, 0.3) is 0 Å². The molecule has 0 N–H and O–H groups in total. The van der Waals surface area contributed by atoms with Gasteiger partial charge in [-0.05, 0) is 37.5 Å². The van der Waals surface area contributed by atoms with Crippen LogP contribution < -0.4 is 0 Å². The van der Waals surface area contributed by atoms with Gasteiger partial charge in [-0.15, -0.1) is 0 Å². The van der Waals surface area contributed by atoms with Crippen molar-refractivity contribution in [3.05, 3.63) is 50.7 Å². The first-order valence-electron chi connectivity index (χ1n) is 9.13. The first-order valence-corrected chi connectivity index (χ1v) is 10.3. The second kappa shape index (κ2) is 7.64. The fourth-order valence-corrected chi connectivity index (χ4v) is 4.27. The molecule has 0 spiro atoms. The van der Waals surface area contributed by atoms with Gasteiger partial charge in [-0.25, -0.2) is 0 Å². The predicted octanol–water partition coefficient (Wildman–Crippen LogP) is 3.23. The van der Waals surface area contributed by atoms with Crippen LogP contribution in [0.5, 0.6) is 0 Å². The first kappa shape index (κ1) is 18.5. The molecule has 1 saturated heterocycles. The Morgan fingerprint density at radius 2 is 1.63 bits per heavy atom. The van der Waals surface area contributed by atoms with E-state index in [0.717, 1.165) is 36.0 Å². The Morgan fingerprint density at radius 1 is 0.963 bits per heavy atom. The van der Waals surface area contributed by atoms with Crippen LogP contribution in [0.2, 0.25) is 5.02 Å². The molecular formula is C19H20BrClN4O2. The lowest BCUT2D eigenvalue weighted by Crippen LogP contribution is -2.50. The number of benzene rings is 1. The summed E-state index contributed by atoms with van der Waals surface area (Å²) in [4.78, 5) is 29.3. The van der Waals surface area contributed by atoms with Crippen LogP contribution in [0.3, 0.4) is 0 Å². The first-order chi connectivity index (χ1) is 13.0. The summed E-state index contributed by atoms with van der Waals surface area (Å²) >= 11 is 9.56. The molecule has 1 fully saturated rings. The highest BCUT2D eigenvalue weighted by Gasteiger charge is 2.29. The van der Waals surface area contributed by atoms with E-state index < -0.39 is 0 Å². The van der Waals surface area contributed by atoms with E-state index in [1.165, 1.54) is 0 Å². The average Bonchev–Trinajstić information content (AvgIpc) is 3.13. The van der Waals surface area contributed by atoms with Crippen molar-refractivity contribution < 1.29 is 9.59 Å². The van der Waals surface area contributed by atoms with Crippen molar-refractivity contribution in [3.8, 4) is 0 Å². The number of hydrogen-bond acceptors (Lipinski definition) is 3. The molecule has 6 nitrogen and oxygen atoms in total. The van der Waals surface area contributed by atoms with Crippen molar-refractivity contribution in [1.82, 2.24) is 19.6 Å². The minimum atomic E-state index is -0.101. The maximum atomic E-state index is 12.9. The molecule has 2 aromatic rings. The van der Waals surface area contributed by atoms with Gasteiger partial charge < -0.3 is 9.80 Å². The Hall–Kier alpha value is -1.86. The van der Waals surface area contributed by atoms with E-state index in [1.807, 2.05) is 15.6 Å². The van der Waals surface area contributed by atoms with Gasteiger partial charge in [-0.2, -0.15) is 5.10 Å². The second-order valence-electron chi connectivity index (χ2n) is 6.89. The lowest BCUT2D eigenvalue weighted by atomic mass is 10.1. The van der Waals surface area contributed by atoms with E-state index in [4.69, 9.17) is 11.6 Å². The summed E-state index contributed by atoms with van der Waals surface area (Å²) in [5.74, 6) is -0.0814. The average molecular weight is 452 g/mol. The maximum Gasteiger partial charge on any atom is 0.257 e. The summed E-state index contributed by atoms with van der Waals surface area (Å²) in [6.07, 6.45) is 4.81. The van der Waals surface area contributed by atoms with E-state index in [9.17, 15) is 9.59 Å². The molecule has 3 heterocycles. The molecule has 0 bridgehead atoms. The van der Waals surface area contributed by atoms with Crippen molar-refractivity contribution in [2.24, 2.45) is 0 Å². The number of nitrogens with zero attached hydrogens (tertiary/aromatic N) is 4. The molecule has 8 heteroatoms. The molecule has 0 aliphatic carbocycles. The fourth-order valence-electron chi connectivity index (χ4n) is 3.71. The van der Waals surface area contributed by atoms with E-state index in [1.54, 1.807) is 23.2 Å². The number of carbonyl (C=O) groups is 2. The monoisotopic (exact) mass is 450 g/mol. The number of amides is 2. The zero-order chi connectivity index (χ0) is 19.0. The second-order valence-corrected chi connectivity index (χ2v) is 8.22. The van der Waals surface area contributed by atoms with Crippen molar-refractivity contribution in [2.75, 3.05) is 26.2 Å². The summed E-state index contributed by atoms with van der Waals surface area (Å²) in [6, 6.07) is 5.26. The van der Waals surface area contributed by atoms with Crippen LogP contribution in [0.15, 0.2) is 28.9 Å². The van der Waals surface area contributed by atoms with Crippen molar-refractivity contribution in [2.45, 2.75) is 25.8 Å². The van der Waals surface area contributed by atoms with E-state index in [2.05, 4.69) is 21.0 Å². The molecule has 142 valence electrons. The van der Waals surface area contributed by atoms with Gasteiger partial charge >= 0.3 is 0 Å². The highest BCUT2D eigenvalue weighted by molar-refractivity contribution is 9.10. The van der Waals surface area contributed by atoms with E-state index >= 15 is 0 Å². The summed E-state index contributed by atoms with van der Waals surface area (Å²) in [6.45, 7) is 2.91. The number of piperazine rings is 1. The molecule has 2 amide bonds. The van der Waals surface area contributed by atoms with Crippen LogP contribution in [0.4, 0.5) is 0 Å². The third-order valence-electron chi connectivity index (χ3n) is 5.23. The Bertz CT molecular complexity index is 890. The highest BCUT2D eigenvalue weighted by Crippen LogP contribution is 2.24. The molecule has 0 saturated carbocycles. The number of halogens is 2. The molecule has 4 rings (SSSR count). The van der Waals surface area contributed by atoms with Gasteiger partial charge in [0, 0.05) is 37.2 Å². The topological polar surface area (TPSA) is 58.4 Å². The summed E-state index contributed by atoms with van der Waals surface area (Å²) in [5.41, 5.74) is 2.24. The maximum absolute atomic E-state index is 12.9. The molecule has 0 radical (unpaired) electrons. The minimum Gasteiger partial charge on any atom is -0.335 e. The third-order valence-corrected chi connectivity index (χ3v) is 6.05. The number of aromatic nitrogens is 2. The number of fused-ring (bicyclic) bond motifs is 1.